The summed E-state index contributed by atoms with van der Waals surface area (Å²) in [5, 5.41) is 7.67. The first-order chi connectivity index (χ1) is 6.65. The molecule has 1 N–H and O–H groups in total. The maximum atomic E-state index is 11.5. The summed E-state index contributed by atoms with van der Waals surface area (Å²) in [5.41, 5.74) is 4.10. The summed E-state index contributed by atoms with van der Waals surface area (Å²) >= 11 is 0. The summed E-state index contributed by atoms with van der Waals surface area (Å²) in [4.78, 5) is 16.3. The van der Waals surface area contributed by atoms with Gasteiger partial charge in [0.1, 0.15) is 0 Å². The van der Waals surface area contributed by atoms with Gasteiger partial charge in [0.05, 0.1) is 23.6 Å². The number of nitrogens with one attached hydrogen (secondary N) is 1. The predicted molar refractivity (Wildman–Crippen MR) is 50.6 cm³/mol. The first-order valence-corrected chi connectivity index (χ1v) is 4.38. The van der Waals surface area contributed by atoms with Crippen LogP contribution < -0.4 is 5.48 Å². The summed E-state index contributed by atoms with van der Waals surface area (Å²) in [6.45, 7) is 5.74. The Hall–Kier alpha value is -1.49. The number of hydroxylamine groups is 1. The van der Waals surface area contributed by atoms with Crippen LogP contribution in [0.25, 0.3) is 0 Å². The predicted octanol–water partition coefficient (Wildman–Crippen LogP) is 0.775. The molecule has 0 aliphatic heterocycles. The molecule has 5 heteroatoms. The Bertz CT molecular complexity index is 339. The van der Waals surface area contributed by atoms with E-state index in [9.17, 15) is 4.79 Å². The van der Waals surface area contributed by atoms with Crippen LogP contribution >= 0.6 is 0 Å². The van der Waals surface area contributed by atoms with Gasteiger partial charge < -0.3 is 0 Å². The summed E-state index contributed by atoms with van der Waals surface area (Å²) in [5.74, 6) is -0.289. The molecule has 0 spiro atoms. The standard InChI is InChI=1S/C9H13N3O2/c1-4-14-12-9(13)8-5-6(2)10-11-7(8)3/h5H,4H2,1-3H3,(H,12,13). The molecule has 1 aromatic heterocycles. The Kier molecular flexibility index (Phi) is 3.53. The summed E-state index contributed by atoms with van der Waals surface area (Å²) in [6.07, 6.45) is 0. The zero-order valence-electron chi connectivity index (χ0n) is 8.50. The highest BCUT2D eigenvalue weighted by Gasteiger charge is 2.10. The molecule has 0 aromatic carbocycles. The molecule has 1 heterocycles. The second-order valence-electron chi connectivity index (χ2n) is 2.85. The number of amides is 1. The Morgan fingerprint density at radius 3 is 2.86 bits per heavy atom. The van der Waals surface area contributed by atoms with E-state index in [1.807, 2.05) is 0 Å². The number of hydrogen-bond acceptors (Lipinski definition) is 4. The molecular weight excluding hydrogens is 182 g/mol. The number of carbonyl (C=O) groups is 1. The number of rotatable bonds is 3. The monoisotopic (exact) mass is 195 g/mol. The van der Waals surface area contributed by atoms with Crippen LogP contribution in [0.3, 0.4) is 0 Å². The number of nitrogens with zero attached hydrogens (tertiary/aromatic N) is 2. The van der Waals surface area contributed by atoms with Crippen molar-refractivity contribution in [2.45, 2.75) is 20.8 Å². The van der Waals surface area contributed by atoms with Crippen LogP contribution in [0.5, 0.6) is 0 Å². The Morgan fingerprint density at radius 2 is 2.21 bits per heavy atom. The highest BCUT2D eigenvalue weighted by Crippen LogP contribution is 2.04. The summed E-state index contributed by atoms with van der Waals surface area (Å²) in [7, 11) is 0. The first kappa shape index (κ1) is 10.6. The lowest BCUT2D eigenvalue weighted by molar-refractivity contribution is 0.0363. The molecule has 0 radical (unpaired) electrons. The van der Waals surface area contributed by atoms with Crippen molar-refractivity contribution < 1.29 is 9.63 Å². The SMILES string of the molecule is CCONC(=O)c1cc(C)nnc1C. The van der Waals surface area contributed by atoms with Gasteiger partial charge in [-0.05, 0) is 26.8 Å². The fourth-order valence-electron chi connectivity index (χ4n) is 0.972. The van der Waals surface area contributed by atoms with E-state index in [-0.39, 0.29) is 5.91 Å². The maximum absolute atomic E-state index is 11.5. The van der Waals surface area contributed by atoms with Crippen LogP contribution in [-0.2, 0) is 4.84 Å². The van der Waals surface area contributed by atoms with Crippen molar-refractivity contribution in [3.8, 4) is 0 Å². The van der Waals surface area contributed by atoms with Crippen molar-refractivity contribution in [3.63, 3.8) is 0 Å². The quantitative estimate of drug-likeness (QED) is 0.724. The van der Waals surface area contributed by atoms with E-state index in [0.717, 1.165) is 0 Å². The molecule has 1 amide bonds. The van der Waals surface area contributed by atoms with Gasteiger partial charge in [-0.1, -0.05) is 0 Å². The summed E-state index contributed by atoms with van der Waals surface area (Å²) in [6, 6.07) is 1.68. The van der Waals surface area contributed by atoms with Crippen molar-refractivity contribution in [2.75, 3.05) is 6.61 Å². The minimum atomic E-state index is -0.289. The second kappa shape index (κ2) is 4.66. The molecule has 1 aromatic rings. The van der Waals surface area contributed by atoms with Gasteiger partial charge >= 0.3 is 0 Å². The van der Waals surface area contributed by atoms with E-state index in [2.05, 4.69) is 15.7 Å². The van der Waals surface area contributed by atoms with Crippen LogP contribution in [0.4, 0.5) is 0 Å². The molecule has 0 atom stereocenters. The lowest BCUT2D eigenvalue weighted by atomic mass is 10.2. The topological polar surface area (TPSA) is 64.1 Å². The molecule has 0 bridgehead atoms. The molecule has 0 aliphatic carbocycles. The van der Waals surface area contributed by atoms with Gasteiger partial charge in [-0.3, -0.25) is 9.63 Å². The Balaban J connectivity index is 2.83. The molecule has 5 nitrogen and oxygen atoms in total. The van der Waals surface area contributed by atoms with Crippen molar-refractivity contribution >= 4 is 5.91 Å². The van der Waals surface area contributed by atoms with Crippen LogP contribution in [0.15, 0.2) is 6.07 Å². The van der Waals surface area contributed by atoms with E-state index in [4.69, 9.17) is 4.84 Å². The van der Waals surface area contributed by atoms with Crippen LogP contribution in [-0.4, -0.2) is 22.7 Å². The van der Waals surface area contributed by atoms with Gasteiger partial charge in [-0.15, -0.1) is 0 Å². The number of hydrogen-bond donors (Lipinski definition) is 1. The molecule has 0 saturated heterocycles. The second-order valence-corrected chi connectivity index (χ2v) is 2.85. The van der Waals surface area contributed by atoms with Gasteiger partial charge in [0, 0.05) is 0 Å². The number of aryl methyl sites for hydroxylation is 2. The largest absolute Gasteiger partial charge is 0.276 e. The Labute approximate surface area is 82.4 Å². The van der Waals surface area contributed by atoms with Gasteiger partial charge in [0.15, 0.2) is 0 Å². The molecule has 1 rings (SSSR count). The highest BCUT2D eigenvalue weighted by atomic mass is 16.6. The van der Waals surface area contributed by atoms with Gasteiger partial charge in [-0.2, -0.15) is 10.2 Å². The molecule has 76 valence electrons. The molecule has 0 saturated carbocycles. The lowest BCUT2D eigenvalue weighted by Crippen LogP contribution is -2.25. The van der Waals surface area contributed by atoms with Crippen molar-refractivity contribution in [1.29, 1.82) is 0 Å². The zero-order chi connectivity index (χ0) is 10.6. The lowest BCUT2D eigenvalue weighted by Gasteiger charge is -2.05. The third-order valence-electron chi connectivity index (χ3n) is 1.65. The van der Waals surface area contributed by atoms with Gasteiger partial charge in [0.2, 0.25) is 0 Å². The van der Waals surface area contributed by atoms with E-state index in [1.54, 1.807) is 26.8 Å². The van der Waals surface area contributed by atoms with Gasteiger partial charge in [-0.25, -0.2) is 5.48 Å². The van der Waals surface area contributed by atoms with Crippen molar-refractivity contribution in [1.82, 2.24) is 15.7 Å². The number of aromatic nitrogens is 2. The van der Waals surface area contributed by atoms with Crippen LogP contribution in [0.2, 0.25) is 0 Å². The third kappa shape index (κ3) is 2.50. The third-order valence-corrected chi connectivity index (χ3v) is 1.65. The average Bonchev–Trinajstić information content (AvgIpc) is 2.18. The fourth-order valence-corrected chi connectivity index (χ4v) is 0.972. The molecular formula is C9H13N3O2. The minimum Gasteiger partial charge on any atom is -0.274 e. The maximum Gasteiger partial charge on any atom is 0.276 e. The Morgan fingerprint density at radius 1 is 1.50 bits per heavy atom. The van der Waals surface area contributed by atoms with Crippen LogP contribution in [0, 0.1) is 13.8 Å². The van der Waals surface area contributed by atoms with Crippen molar-refractivity contribution in [2.24, 2.45) is 0 Å². The first-order valence-electron chi connectivity index (χ1n) is 4.38. The average molecular weight is 195 g/mol. The summed E-state index contributed by atoms with van der Waals surface area (Å²) < 4.78 is 0. The fraction of sp³-hybridized carbons (Fsp3) is 0.444. The minimum absolute atomic E-state index is 0.289. The van der Waals surface area contributed by atoms with E-state index in [1.165, 1.54) is 0 Å². The van der Waals surface area contributed by atoms with Gasteiger partial charge in [0.25, 0.3) is 5.91 Å². The van der Waals surface area contributed by atoms with E-state index >= 15 is 0 Å². The molecule has 0 unspecified atom stereocenters. The highest BCUT2D eigenvalue weighted by molar-refractivity contribution is 5.94. The normalized spacial score (nSPS) is 9.93. The number of carbonyl (C=O) groups excluding carboxylic acids is 1. The van der Waals surface area contributed by atoms with Crippen molar-refractivity contribution in [3.05, 3.63) is 23.0 Å². The molecule has 0 fully saturated rings. The molecule has 14 heavy (non-hydrogen) atoms. The van der Waals surface area contributed by atoms with E-state index < -0.39 is 0 Å². The molecule has 0 aliphatic rings. The van der Waals surface area contributed by atoms with Crippen LogP contribution in [0.1, 0.15) is 28.7 Å². The van der Waals surface area contributed by atoms with E-state index in [0.29, 0.717) is 23.6 Å². The smallest absolute Gasteiger partial charge is 0.274 e. The zero-order valence-corrected chi connectivity index (χ0v) is 8.50.